The maximum atomic E-state index is 13.6. The summed E-state index contributed by atoms with van der Waals surface area (Å²) in [5.74, 6) is -3.80. The van der Waals surface area contributed by atoms with Crippen LogP contribution in [-0.4, -0.2) is 29.1 Å². The Morgan fingerprint density at radius 2 is 1.85 bits per heavy atom. The molecule has 2 amide bonds. The lowest BCUT2D eigenvalue weighted by Gasteiger charge is -2.26. The Kier molecular flexibility index (Phi) is 5.55. The quantitative estimate of drug-likeness (QED) is 0.817. The van der Waals surface area contributed by atoms with Gasteiger partial charge >= 0.3 is 6.03 Å². The maximum Gasteiger partial charge on any atom is 0.319 e. The van der Waals surface area contributed by atoms with Gasteiger partial charge in [0.05, 0.1) is 17.9 Å². The Balaban J connectivity index is 1.58. The zero-order valence-electron chi connectivity index (χ0n) is 13.9. The van der Waals surface area contributed by atoms with E-state index in [1.54, 1.807) is 12.3 Å². The molecule has 138 valence electrons. The van der Waals surface area contributed by atoms with Gasteiger partial charge in [0.2, 0.25) is 5.95 Å². The minimum Gasteiger partial charge on any atom is -0.341 e. The third-order valence-corrected chi connectivity index (χ3v) is 4.05. The normalized spacial score (nSPS) is 14.2. The van der Waals surface area contributed by atoms with Gasteiger partial charge < -0.3 is 15.5 Å². The average Bonchev–Trinajstić information content (AvgIpc) is 2.68. The van der Waals surface area contributed by atoms with Crippen LogP contribution in [0.1, 0.15) is 25.0 Å². The molecule has 26 heavy (non-hydrogen) atoms. The second kappa shape index (κ2) is 8.03. The standard InChI is InChI=1S/C17H18F3N5O/c18-12-4-5-13(15(20)14(12)19)24-17(26)22-10-11-6-7-21-16(23-11)25-8-2-1-3-9-25/h4-7H,1-3,8-10H2,(H2,22,24,26). The van der Waals surface area contributed by atoms with Crippen LogP contribution >= 0.6 is 0 Å². The molecule has 2 N–H and O–H groups in total. The Bertz CT molecular complexity index is 796. The average molecular weight is 365 g/mol. The summed E-state index contributed by atoms with van der Waals surface area (Å²) < 4.78 is 39.6. The van der Waals surface area contributed by atoms with Gasteiger partial charge in [-0.3, -0.25) is 0 Å². The smallest absolute Gasteiger partial charge is 0.319 e. The number of aromatic nitrogens is 2. The van der Waals surface area contributed by atoms with Crippen molar-refractivity contribution in [3.05, 3.63) is 47.5 Å². The SMILES string of the molecule is O=C(NCc1ccnc(N2CCCCC2)n1)Nc1ccc(F)c(F)c1F. The van der Waals surface area contributed by atoms with Crippen molar-refractivity contribution < 1.29 is 18.0 Å². The molecule has 1 fully saturated rings. The molecule has 0 aliphatic carbocycles. The number of halogens is 3. The Morgan fingerprint density at radius 1 is 1.08 bits per heavy atom. The predicted octanol–water partition coefficient (Wildman–Crippen LogP) is 3.21. The van der Waals surface area contributed by atoms with Gasteiger partial charge in [-0.05, 0) is 37.5 Å². The number of anilines is 2. The van der Waals surface area contributed by atoms with Crippen molar-refractivity contribution >= 4 is 17.7 Å². The third-order valence-electron chi connectivity index (χ3n) is 4.05. The van der Waals surface area contributed by atoms with Crippen LogP contribution in [0.2, 0.25) is 0 Å². The van der Waals surface area contributed by atoms with Crippen LogP contribution in [0.25, 0.3) is 0 Å². The summed E-state index contributed by atoms with van der Waals surface area (Å²) in [6.45, 7) is 1.88. The molecule has 0 saturated carbocycles. The number of amides is 2. The first-order chi connectivity index (χ1) is 12.5. The topological polar surface area (TPSA) is 70.2 Å². The zero-order valence-corrected chi connectivity index (χ0v) is 13.9. The summed E-state index contributed by atoms with van der Waals surface area (Å²) in [6.07, 6.45) is 4.99. The van der Waals surface area contributed by atoms with Gasteiger partial charge in [-0.25, -0.2) is 27.9 Å². The third kappa shape index (κ3) is 4.22. The molecule has 0 radical (unpaired) electrons. The molecule has 0 spiro atoms. The van der Waals surface area contributed by atoms with Crippen LogP contribution in [0.3, 0.4) is 0 Å². The number of piperidine rings is 1. The minimum absolute atomic E-state index is 0.0838. The summed E-state index contributed by atoms with van der Waals surface area (Å²) in [4.78, 5) is 22.6. The fraction of sp³-hybridized carbons (Fsp3) is 0.353. The second-order valence-corrected chi connectivity index (χ2v) is 5.93. The van der Waals surface area contributed by atoms with Crippen LogP contribution in [0.15, 0.2) is 24.4 Å². The van der Waals surface area contributed by atoms with Gasteiger partial charge in [-0.1, -0.05) is 0 Å². The molecule has 0 atom stereocenters. The van der Waals surface area contributed by atoms with Gasteiger partial charge in [0.25, 0.3) is 0 Å². The van der Waals surface area contributed by atoms with Crippen LogP contribution in [0.5, 0.6) is 0 Å². The van der Waals surface area contributed by atoms with Crippen molar-refractivity contribution in [1.29, 1.82) is 0 Å². The van der Waals surface area contributed by atoms with Gasteiger partial charge in [0.15, 0.2) is 17.5 Å². The van der Waals surface area contributed by atoms with Crippen LogP contribution in [0.4, 0.5) is 29.6 Å². The van der Waals surface area contributed by atoms with E-state index >= 15 is 0 Å². The molecule has 1 saturated heterocycles. The van der Waals surface area contributed by atoms with Crippen molar-refractivity contribution in [2.24, 2.45) is 0 Å². The number of nitrogens with one attached hydrogen (secondary N) is 2. The number of benzene rings is 1. The Morgan fingerprint density at radius 3 is 2.62 bits per heavy atom. The maximum absolute atomic E-state index is 13.6. The van der Waals surface area contributed by atoms with Crippen molar-refractivity contribution in [3.8, 4) is 0 Å². The van der Waals surface area contributed by atoms with Crippen LogP contribution < -0.4 is 15.5 Å². The highest BCUT2D eigenvalue weighted by Gasteiger charge is 2.16. The van der Waals surface area contributed by atoms with Crippen molar-refractivity contribution in [2.45, 2.75) is 25.8 Å². The molecule has 2 heterocycles. The fourth-order valence-corrected chi connectivity index (χ4v) is 2.69. The predicted molar refractivity (Wildman–Crippen MR) is 90.3 cm³/mol. The van der Waals surface area contributed by atoms with E-state index in [1.165, 1.54) is 6.42 Å². The molecule has 2 aromatic rings. The largest absolute Gasteiger partial charge is 0.341 e. The van der Waals surface area contributed by atoms with Crippen molar-refractivity contribution in [3.63, 3.8) is 0 Å². The molecule has 1 aromatic carbocycles. The van der Waals surface area contributed by atoms with E-state index in [1.807, 2.05) is 0 Å². The highest BCUT2D eigenvalue weighted by atomic mass is 19.2. The first kappa shape index (κ1) is 18.0. The summed E-state index contributed by atoms with van der Waals surface area (Å²) >= 11 is 0. The molecule has 3 rings (SSSR count). The zero-order chi connectivity index (χ0) is 18.5. The van der Waals surface area contributed by atoms with Crippen molar-refractivity contribution in [2.75, 3.05) is 23.3 Å². The lowest BCUT2D eigenvalue weighted by molar-refractivity contribution is 0.251. The number of carbonyl (C=O) groups is 1. The number of nitrogens with zero attached hydrogens (tertiary/aromatic N) is 3. The summed E-state index contributed by atoms with van der Waals surface area (Å²) in [6, 6.07) is 2.59. The lowest BCUT2D eigenvalue weighted by atomic mass is 10.1. The van der Waals surface area contributed by atoms with E-state index in [2.05, 4.69) is 25.5 Å². The number of hydrogen-bond donors (Lipinski definition) is 2. The summed E-state index contributed by atoms with van der Waals surface area (Å²) in [5, 5.41) is 4.64. The molecule has 6 nitrogen and oxygen atoms in total. The number of carbonyl (C=O) groups excluding carboxylic acids is 1. The van der Waals surface area contributed by atoms with E-state index < -0.39 is 29.2 Å². The van der Waals surface area contributed by atoms with Gasteiger partial charge in [0.1, 0.15) is 0 Å². The molecule has 1 aliphatic heterocycles. The molecular weight excluding hydrogens is 347 g/mol. The fourth-order valence-electron chi connectivity index (χ4n) is 2.69. The lowest BCUT2D eigenvalue weighted by Crippen LogP contribution is -2.32. The van der Waals surface area contributed by atoms with Gasteiger partial charge in [-0.2, -0.15) is 0 Å². The highest BCUT2D eigenvalue weighted by molar-refractivity contribution is 5.89. The van der Waals surface area contributed by atoms with E-state index in [0.29, 0.717) is 11.6 Å². The minimum atomic E-state index is -1.63. The van der Waals surface area contributed by atoms with E-state index in [4.69, 9.17) is 0 Å². The van der Waals surface area contributed by atoms with Crippen LogP contribution in [0, 0.1) is 17.5 Å². The van der Waals surface area contributed by atoms with E-state index in [-0.39, 0.29) is 6.54 Å². The molecule has 0 unspecified atom stereocenters. The number of urea groups is 1. The summed E-state index contributed by atoms with van der Waals surface area (Å²) in [7, 11) is 0. The van der Waals surface area contributed by atoms with Gasteiger partial charge in [0, 0.05) is 19.3 Å². The first-order valence-electron chi connectivity index (χ1n) is 8.30. The van der Waals surface area contributed by atoms with E-state index in [0.717, 1.165) is 38.1 Å². The second-order valence-electron chi connectivity index (χ2n) is 5.93. The summed E-state index contributed by atoms with van der Waals surface area (Å²) in [5.41, 5.74) is 0.138. The van der Waals surface area contributed by atoms with E-state index in [9.17, 15) is 18.0 Å². The number of rotatable bonds is 4. The van der Waals surface area contributed by atoms with Crippen molar-refractivity contribution in [1.82, 2.24) is 15.3 Å². The Labute approximate surface area is 148 Å². The van der Waals surface area contributed by atoms with Crippen LogP contribution in [-0.2, 0) is 6.54 Å². The molecule has 0 bridgehead atoms. The molecule has 9 heteroatoms. The number of hydrogen-bond acceptors (Lipinski definition) is 4. The van der Waals surface area contributed by atoms with Gasteiger partial charge in [-0.15, -0.1) is 0 Å². The molecule has 1 aromatic heterocycles. The Hall–Kier alpha value is -2.84. The molecule has 1 aliphatic rings. The molecular formula is C17H18F3N5O. The first-order valence-corrected chi connectivity index (χ1v) is 8.30. The monoisotopic (exact) mass is 365 g/mol. The highest BCUT2D eigenvalue weighted by Crippen LogP contribution is 2.19.